The third-order valence-corrected chi connectivity index (χ3v) is 4.74. The zero-order valence-electron chi connectivity index (χ0n) is 11.5. The van der Waals surface area contributed by atoms with Crippen molar-refractivity contribution in [2.45, 2.75) is 18.9 Å². The summed E-state index contributed by atoms with van der Waals surface area (Å²) in [6.07, 6.45) is 0.352. The van der Waals surface area contributed by atoms with Gasteiger partial charge >= 0.3 is 0 Å². The van der Waals surface area contributed by atoms with Gasteiger partial charge in [-0.25, -0.2) is 4.39 Å². The monoisotopic (exact) mass is 312 g/mol. The van der Waals surface area contributed by atoms with Crippen molar-refractivity contribution in [3.05, 3.63) is 28.9 Å². The van der Waals surface area contributed by atoms with E-state index in [1.807, 2.05) is 0 Å². The Morgan fingerprint density at radius 2 is 2.10 bits per heavy atom. The first kappa shape index (κ1) is 15.7. The fraction of sp³-hybridized carbons (Fsp3) is 0.357. The Morgan fingerprint density at radius 1 is 1.43 bits per heavy atom. The van der Waals surface area contributed by atoms with Crippen LogP contribution in [0.2, 0.25) is 0 Å². The molecule has 0 fully saturated rings. The molecule has 0 saturated heterocycles. The van der Waals surface area contributed by atoms with Crippen molar-refractivity contribution in [2.75, 3.05) is 18.9 Å². The number of fused-ring (bicyclic) bond motifs is 1. The van der Waals surface area contributed by atoms with Crippen LogP contribution < -0.4 is 11.1 Å². The second-order valence-corrected chi connectivity index (χ2v) is 5.91. The summed E-state index contributed by atoms with van der Waals surface area (Å²) in [6, 6.07) is 4.51. The maximum atomic E-state index is 13.8. The molecule has 0 atom stereocenters. The Balaban J connectivity index is 2.41. The van der Waals surface area contributed by atoms with E-state index in [1.54, 1.807) is 19.1 Å². The summed E-state index contributed by atoms with van der Waals surface area (Å²) in [5.41, 5.74) is 4.83. The van der Waals surface area contributed by atoms with E-state index in [9.17, 15) is 19.4 Å². The van der Waals surface area contributed by atoms with Gasteiger partial charge in [0.05, 0.1) is 29.8 Å². The molecule has 1 aromatic carbocycles. The molecule has 7 heteroatoms. The van der Waals surface area contributed by atoms with E-state index in [-0.39, 0.29) is 16.0 Å². The van der Waals surface area contributed by atoms with Gasteiger partial charge < -0.3 is 21.3 Å². The van der Waals surface area contributed by atoms with Gasteiger partial charge in [0.15, 0.2) is 0 Å². The number of amides is 1. The number of nitrogen functional groups attached to an aromatic ring is 1. The Bertz CT molecular complexity index is 659. The molecule has 0 aliphatic heterocycles. The van der Waals surface area contributed by atoms with Crippen molar-refractivity contribution < 1.29 is 19.4 Å². The third-order valence-electron chi connectivity index (χ3n) is 3.57. The Morgan fingerprint density at radius 3 is 2.62 bits per heavy atom. The van der Waals surface area contributed by atoms with Crippen molar-refractivity contribution in [2.24, 2.45) is 0 Å². The zero-order chi connectivity index (χ0) is 15.6. The van der Waals surface area contributed by atoms with Gasteiger partial charge in [-0.2, -0.15) is 0 Å². The summed E-state index contributed by atoms with van der Waals surface area (Å²) in [4.78, 5) is 12.5. The van der Waals surface area contributed by atoms with Crippen LogP contribution in [0, 0.1) is 5.82 Å². The molecular weight excluding hydrogens is 295 g/mol. The first-order valence-electron chi connectivity index (χ1n) is 6.48. The number of halogens is 1. The van der Waals surface area contributed by atoms with Crippen LogP contribution in [-0.2, 0) is 0 Å². The van der Waals surface area contributed by atoms with Crippen LogP contribution in [0.5, 0.6) is 0 Å². The summed E-state index contributed by atoms with van der Waals surface area (Å²) in [5.74, 6) is -1.01. The lowest BCUT2D eigenvalue weighted by Crippen LogP contribution is -2.53. The second-order valence-electron chi connectivity index (χ2n) is 4.86. The number of rotatable bonds is 5. The summed E-state index contributed by atoms with van der Waals surface area (Å²) in [5, 5.41) is 21.5. The standard InChI is InChI=1S/C14H17FN2O3S/c1-2-14(6-18,7-19)17-13(20)12-11(16)10-8(15)4-3-5-9(10)21-12/h3-5,18-19H,2,6-7,16H2,1H3,(H,17,20). The summed E-state index contributed by atoms with van der Waals surface area (Å²) in [7, 11) is 0. The molecule has 2 aromatic rings. The molecule has 1 heterocycles. The SMILES string of the molecule is CCC(CO)(CO)NC(=O)c1sc2cccc(F)c2c1N. The van der Waals surface area contributed by atoms with Crippen LogP contribution in [0.4, 0.5) is 10.1 Å². The minimum Gasteiger partial charge on any atom is -0.397 e. The van der Waals surface area contributed by atoms with Gasteiger partial charge in [0, 0.05) is 4.70 Å². The fourth-order valence-electron chi connectivity index (χ4n) is 2.04. The Kier molecular flexibility index (Phi) is 4.46. The average molecular weight is 312 g/mol. The first-order valence-corrected chi connectivity index (χ1v) is 7.30. The number of benzene rings is 1. The smallest absolute Gasteiger partial charge is 0.264 e. The highest BCUT2D eigenvalue weighted by Gasteiger charge is 2.30. The van der Waals surface area contributed by atoms with Crippen LogP contribution in [0.1, 0.15) is 23.0 Å². The van der Waals surface area contributed by atoms with E-state index in [0.29, 0.717) is 11.1 Å². The molecule has 0 unspecified atom stereocenters. The van der Waals surface area contributed by atoms with Crippen molar-refractivity contribution in [1.29, 1.82) is 0 Å². The maximum absolute atomic E-state index is 13.8. The predicted octanol–water partition coefficient (Wildman–Crippen LogP) is 1.49. The molecule has 1 amide bonds. The molecule has 5 nitrogen and oxygen atoms in total. The van der Waals surface area contributed by atoms with Crippen LogP contribution in [0.15, 0.2) is 18.2 Å². The minimum absolute atomic E-state index is 0.0754. The van der Waals surface area contributed by atoms with E-state index in [1.165, 1.54) is 6.07 Å². The molecule has 0 aliphatic rings. The number of carbonyl (C=O) groups excluding carboxylic acids is 1. The maximum Gasteiger partial charge on any atom is 0.264 e. The zero-order valence-corrected chi connectivity index (χ0v) is 12.3. The molecule has 0 spiro atoms. The highest BCUT2D eigenvalue weighted by atomic mass is 32.1. The lowest BCUT2D eigenvalue weighted by Gasteiger charge is -2.29. The highest BCUT2D eigenvalue weighted by molar-refractivity contribution is 7.21. The third kappa shape index (κ3) is 2.72. The molecule has 0 saturated carbocycles. The van der Waals surface area contributed by atoms with Crippen LogP contribution >= 0.6 is 11.3 Å². The van der Waals surface area contributed by atoms with Gasteiger partial charge in [-0.15, -0.1) is 11.3 Å². The van der Waals surface area contributed by atoms with Gasteiger partial charge in [-0.3, -0.25) is 4.79 Å². The van der Waals surface area contributed by atoms with Gasteiger partial charge in [0.2, 0.25) is 0 Å². The number of nitrogens with two attached hydrogens (primary N) is 1. The van der Waals surface area contributed by atoms with E-state index in [4.69, 9.17) is 5.73 Å². The normalized spacial score (nSPS) is 11.8. The molecule has 114 valence electrons. The summed E-state index contributed by atoms with van der Waals surface area (Å²) >= 11 is 1.08. The topological polar surface area (TPSA) is 95.6 Å². The molecular formula is C14H17FN2O3S. The fourth-order valence-corrected chi connectivity index (χ4v) is 3.07. The van der Waals surface area contributed by atoms with Gasteiger partial charge in [-0.05, 0) is 18.6 Å². The summed E-state index contributed by atoms with van der Waals surface area (Å²) < 4.78 is 14.4. The Hall–Kier alpha value is -1.70. The second kappa shape index (κ2) is 5.97. The number of thiophene rings is 1. The van der Waals surface area contributed by atoms with E-state index >= 15 is 0 Å². The van der Waals surface area contributed by atoms with E-state index in [0.717, 1.165) is 11.3 Å². The number of hydrogen-bond acceptors (Lipinski definition) is 5. The largest absolute Gasteiger partial charge is 0.397 e. The minimum atomic E-state index is -1.11. The quantitative estimate of drug-likeness (QED) is 0.672. The van der Waals surface area contributed by atoms with Crippen molar-refractivity contribution >= 4 is 33.0 Å². The lowest BCUT2D eigenvalue weighted by atomic mass is 9.98. The van der Waals surface area contributed by atoms with Crippen molar-refractivity contribution in [1.82, 2.24) is 5.32 Å². The molecule has 1 aromatic heterocycles. The first-order chi connectivity index (χ1) is 9.98. The molecule has 21 heavy (non-hydrogen) atoms. The average Bonchev–Trinajstić information content (AvgIpc) is 2.83. The Labute approximate surface area is 125 Å². The predicted molar refractivity (Wildman–Crippen MR) is 80.9 cm³/mol. The van der Waals surface area contributed by atoms with E-state index < -0.39 is 30.5 Å². The van der Waals surface area contributed by atoms with Crippen molar-refractivity contribution in [3.63, 3.8) is 0 Å². The van der Waals surface area contributed by atoms with Gasteiger partial charge in [-0.1, -0.05) is 13.0 Å². The molecule has 0 bridgehead atoms. The van der Waals surface area contributed by atoms with Gasteiger partial charge in [0.25, 0.3) is 5.91 Å². The molecule has 2 rings (SSSR count). The number of carbonyl (C=O) groups is 1. The molecule has 5 N–H and O–H groups in total. The van der Waals surface area contributed by atoms with Crippen molar-refractivity contribution in [3.8, 4) is 0 Å². The number of aliphatic hydroxyl groups excluding tert-OH is 2. The molecule has 0 aliphatic carbocycles. The number of aliphatic hydroxyl groups is 2. The van der Waals surface area contributed by atoms with Crippen LogP contribution in [0.25, 0.3) is 10.1 Å². The highest BCUT2D eigenvalue weighted by Crippen LogP contribution is 2.35. The van der Waals surface area contributed by atoms with Gasteiger partial charge in [0.1, 0.15) is 10.7 Å². The lowest BCUT2D eigenvalue weighted by molar-refractivity contribution is 0.0657. The number of hydrogen-bond donors (Lipinski definition) is 4. The molecule has 0 radical (unpaired) electrons. The van der Waals surface area contributed by atoms with Crippen LogP contribution in [0.3, 0.4) is 0 Å². The number of nitrogens with one attached hydrogen (secondary N) is 1. The number of anilines is 1. The summed E-state index contributed by atoms with van der Waals surface area (Å²) in [6.45, 7) is 0.941. The van der Waals surface area contributed by atoms with E-state index in [2.05, 4.69) is 5.32 Å². The van der Waals surface area contributed by atoms with Crippen LogP contribution in [-0.4, -0.2) is 34.9 Å².